The standard InChI is InChI=1S/C8H10NO/c1-6-4-3-5-8(9-10)7(6)2/h3-4,7,10H,1-2H3. The predicted molar refractivity (Wildman–Crippen MR) is 40.0 cm³/mol. The molecule has 0 aromatic heterocycles. The Labute approximate surface area is 60.6 Å². The maximum absolute atomic E-state index is 8.46. The van der Waals surface area contributed by atoms with Gasteiger partial charge in [0.05, 0.1) is 5.71 Å². The lowest BCUT2D eigenvalue weighted by Crippen LogP contribution is -2.12. The minimum Gasteiger partial charge on any atom is -0.411 e. The Balaban J connectivity index is 2.89. The first kappa shape index (κ1) is 7.06. The highest BCUT2D eigenvalue weighted by Crippen LogP contribution is 2.15. The fourth-order valence-electron chi connectivity index (χ4n) is 0.859. The predicted octanol–water partition coefficient (Wildman–Crippen LogP) is 1.77. The minimum absolute atomic E-state index is 0.204. The van der Waals surface area contributed by atoms with Gasteiger partial charge in [-0.1, -0.05) is 29.8 Å². The van der Waals surface area contributed by atoms with Crippen LogP contribution in [0.15, 0.2) is 22.9 Å². The van der Waals surface area contributed by atoms with Crippen LogP contribution < -0.4 is 0 Å². The van der Waals surface area contributed by atoms with Crippen molar-refractivity contribution in [2.24, 2.45) is 11.1 Å². The molecule has 1 unspecified atom stereocenters. The van der Waals surface area contributed by atoms with Crippen LogP contribution in [0.1, 0.15) is 13.8 Å². The second kappa shape index (κ2) is 2.69. The monoisotopic (exact) mass is 136 g/mol. The smallest absolute Gasteiger partial charge is 0.0942 e. The summed E-state index contributed by atoms with van der Waals surface area (Å²) in [6.45, 7) is 3.99. The van der Waals surface area contributed by atoms with Crippen LogP contribution in [0.3, 0.4) is 0 Å². The Bertz CT molecular complexity index is 213. The summed E-state index contributed by atoms with van der Waals surface area (Å²) in [7, 11) is 0. The molecule has 0 aromatic carbocycles. The van der Waals surface area contributed by atoms with Crippen LogP contribution in [-0.4, -0.2) is 10.9 Å². The van der Waals surface area contributed by atoms with Crippen molar-refractivity contribution in [1.29, 1.82) is 0 Å². The summed E-state index contributed by atoms with van der Waals surface area (Å²) in [5.74, 6) is 0.204. The largest absolute Gasteiger partial charge is 0.411 e. The normalized spacial score (nSPS) is 28.8. The Morgan fingerprint density at radius 3 is 2.90 bits per heavy atom. The van der Waals surface area contributed by atoms with Gasteiger partial charge >= 0.3 is 0 Å². The quantitative estimate of drug-likeness (QED) is 0.399. The second-order valence-electron chi connectivity index (χ2n) is 2.43. The maximum Gasteiger partial charge on any atom is 0.0942 e. The average molecular weight is 136 g/mol. The summed E-state index contributed by atoms with van der Waals surface area (Å²) < 4.78 is 0. The Morgan fingerprint density at radius 2 is 2.40 bits per heavy atom. The third kappa shape index (κ3) is 1.10. The highest BCUT2D eigenvalue weighted by Gasteiger charge is 2.12. The SMILES string of the molecule is CC1=CC=[C]C(=NO)C1C. The number of oxime groups is 1. The number of rotatable bonds is 0. The van der Waals surface area contributed by atoms with Crippen LogP contribution in [-0.2, 0) is 0 Å². The summed E-state index contributed by atoms with van der Waals surface area (Å²) in [5.41, 5.74) is 1.81. The fraction of sp³-hybridized carbons (Fsp3) is 0.375. The van der Waals surface area contributed by atoms with Crippen molar-refractivity contribution < 1.29 is 5.21 Å². The van der Waals surface area contributed by atoms with E-state index in [9.17, 15) is 0 Å². The molecule has 0 saturated heterocycles. The van der Waals surface area contributed by atoms with Gasteiger partial charge in [0.1, 0.15) is 0 Å². The molecule has 0 aliphatic heterocycles. The van der Waals surface area contributed by atoms with Crippen LogP contribution in [0.5, 0.6) is 0 Å². The molecular weight excluding hydrogens is 126 g/mol. The van der Waals surface area contributed by atoms with E-state index < -0.39 is 0 Å². The van der Waals surface area contributed by atoms with Crippen LogP contribution in [0.4, 0.5) is 0 Å². The maximum atomic E-state index is 8.46. The van der Waals surface area contributed by atoms with Crippen molar-refractivity contribution in [2.75, 3.05) is 0 Å². The molecule has 0 aromatic rings. The van der Waals surface area contributed by atoms with Crippen LogP contribution in [0.25, 0.3) is 0 Å². The van der Waals surface area contributed by atoms with E-state index in [1.165, 1.54) is 5.57 Å². The van der Waals surface area contributed by atoms with Gasteiger partial charge < -0.3 is 5.21 Å². The molecule has 1 aliphatic carbocycles. The molecule has 0 saturated carbocycles. The van der Waals surface area contributed by atoms with Crippen molar-refractivity contribution >= 4 is 5.71 Å². The first-order valence-corrected chi connectivity index (χ1v) is 3.24. The molecule has 1 rings (SSSR count). The van der Waals surface area contributed by atoms with Gasteiger partial charge in [-0.3, -0.25) is 0 Å². The van der Waals surface area contributed by atoms with E-state index in [2.05, 4.69) is 11.2 Å². The molecule has 0 fully saturated rings. The van der Waals surface area contributed by atoms with Gasteiger partial charge in [0, 0.05) is 12.0 Å². The van der Waals surface area contributed by atoms with Crippen molar-refractivity contribution in [3.05, 3.63) is 23.8 Å². The summed E-state index contributed by atoms with van der Waals surface area (Å²) >= 11 is 0. The number of hydrogen-bond acceptors (Lipinski definition) is 2. The van der Waals surface area contributed by atoms with Gasteiger partial charge in [0.25, 0.3) is 0 Å². The highest BCUT2D eigenvalue weighted by molar-refractivity contribution is 5.95. The molecule has 2 nitrogen and oxygen atoms in total. The first-order chi connectivity index (χ1) is 4.75. The molecule has 10 heavy (non-hydrogen) atoms. The molecule has 2 heteroatoms. The van der Waals surface area contributed by atoms with Crippen LogP contribution in [0, 0.1) is 12.0 Å². The van der Waals surface area contributed by atoms with Gasteiger partial charge in [-0.05, 0) is 6.92 Å². The lowest BCUT2D eigenvalue weighted by atomic mass is 9.93. The van der Waals surface area contributed by atoms with E-state index in [0.29, 0.717) is 5.71 Å². The molecule has 0 spiro atoms. The highest BCUT2D eigenvalue weighted by atomic mass is 16.4. The van der Waals surface area contributed by atoms with Crippen molar-refractivity contribution in [3.63, 3.8) is 0 Å². The third-order valence-corrected chi connectivity index (χ3v) is 1.78. The van der Waals surface area contributed by atoms with Gasteiger partial charge in [0.2, 0.25) is 0 Å². The van der Waals surface area contributed by atoms with Gasteiger partial charge in [-0.25, -0.2) is 0 Å². The van der Waals surface area contributed by atoms with E-state index in [-0.39, 0.29) is 5.92 Å². The topological polar surface area (TPSA) is 32.6 Å². The number of nitrogens with zero attached hydrogens (tertiary/aromatic N) is 1. The zero-order valence-electron chi connectivity index (χ0n) is 6.13. The van der Waals surface area contributed by atoms with Gasteiger partial charge in [0.15, 0.2) is 0 Å². The molecule has 53 valence electrons. The number of allylic oxidation sites excluding steroid dienone is 4. The zero-order valence-corrected chi connectivity index (χ0v) is 6.13. The summed E-state index contributed by atoms with van der Waals surface area (Å²) in [5, 5.41) is 11.6. The van der Waals surface area contributed by atoms with E-state index in [4.69, 9.17) is 5.21 Å². The molecule has 1 atom stereocenters. The molecule has 0 heterocycles. The van der Waals surface area contributed by atoms with Crippen molar-refractivity contribution in [3.8, 4) is 0 Å². The molecule has 0 bridgehead atoms. The van der Waals surface area contributed by atoms with Crippen molar-refractivity contribution in [1.82, 2.24) is 0 Å². The molecule has 1 aliphatic rings. The van der Waals surface area contributed by atoms with Crippen LogP contribution >= 0.6 is 0 Å². The third-order valence-electron chi connectivity index (χ3n) is 1.78. The lowest BCUT2D eigenvalue weighted by Gasteiger charge is -2.12. The molecule has 0 amide bonds. The first-order valence-electron chi connectivity index (χ1n) is 3.24. The van der Waals surface area contributed by atoms with Gasteiger partial charge in [-0.15, -0.1) is 0 Å². The second-order valence-corrected chi connectivity index (χ2v) is 2.43. The van der Waals surface area contributed by atoms with E-state index in [1.54, 1.807) is 6.08 Å². The average Bonchev–Trinajstić information content (AvgIpc) is 1.95. The van der Waals surface area contributed by atoms with E-state index in [0.717, 1.165) is 0 Å². The summed E-state index contributed by atoms with van der Waals surface area (Å²) in [4.78, 5) is 0. The molecule has 1 N–H and O–H groups in total. The fourth-order valence-corrected chi connectivity index (χ4v) is 0.859. The minimum atomic E-state index is 0.204. The van der Waals surface area contributed by atoms with E-state index >= 15 is 0 Å². The van der Waals surface area contributed by atoms with E-state index in [1.807, 2.05) is 19.9 Å². The zero-order chi connectivity index (χ0) is 7.56. The molecular formula is C8H10NO. The van der Waals surface area contributed by atoms with Gasteiger partial charge in [-0.2, -0.15) is 0 Å². The molecule has 1 radical (unpaired) electrons. The Hall–Kier alpha value is -1.05. The summed E-state index contributed by atoms with van der Waals surface area (Å²) in [6, 6.07) is 0. The lowest BCUT2D eigenvalue weighted by molar-refractivity contribution is 0.316. The van der Waals surface area contributed by atoms with Crippen molar-refractivity contribution in [2.45, 2.75) is 13.8 Å². The Kier molecular flexibility index (Phi) is 1.90. The summed E-state index contributed by atoms with van der Waals surface area (Å²) in [6.07, 6.45) is 6.59. The Morgan fingerprint density at radius 1 is 1.70 bits per heavy atom. The number of hydrogen-bond donors (Lipinski definition) is 1. The van der Waals surface area contributed by atoms with Crippen LogP contribution in [0.2, 0.25) is 0 Å².